The molecule has 0 aromatic heterocycles. The van der Waals surface area contributed by atoms with E-state index in [1.165, 1.54) is 71.3 Å². The SMILES string of the molecule is COc1cc(NS(=O)(=O)c2ccc(N3CCN(CCCC4CCC4)C3=O)cc2)cc(OC)c1OC. The van der Waals surface area contributed by atoms with Crippen LogP contribution in [0.1, 0.15) is 32.1 Å². The minimum atomic E-state index is -3.88. The maximum absolute atomic E-state index is 13.0. The van der Waals surface area contributed by atoms with Gasteiger partial charge in [-0.15, -0.1) is 0 Å². The number of nitrogens with zero attached hydrogens (tertiary/aromatic N) is 2. The summed E-state index contributed by atoms with van der Waals surface area (Å²) < 4.78 is 44.4. The average molecular weight is 504 g/mol. The number of sulfonamides is 1. The van der Waals surface area contributed by atoms with E-state index in [4.69, 9.17) is 14.2 Å². The van der Waals surface area contributed by atoms with Crippen molar-refractivity contribution in [2.75, 3.05) is 50.6 Å². The lowest BCUT2D eigenvalue weighted by Crippen LogP contribution is -2.32. The lowest BCUT2D eigenvalue weighted by atomic mass is 9.82. The molecule has 1 saturated heterocycles. The van der Waals surface area contributed by atoms with Crippen LogP contribution in [0.4, 0.5) is 16.2 Å². The highest BCUT2D eigenvalue weighted by Gasteiger charge is 2.30. The molecule has 1 aliphatic carbocycles. The lowest BCUT2D eigenvalue weighted by molar-refractivity contribution is 0.215. The van der Waals surface area contributed by atoms with Crippen LogP contribution in [-0.2, 0) is 10.0 Å². The third kappa shape index (κ3) is 5.42. The summed E-state index contributed by atoms with van der Waals surface area (Å²) in [6.07, 6.45) is 6.21. The van der Waals surface area contributed by atoms with E-state index in [1.807, 2.05) is 4.90 Å². The molecular weight excluding hydrogens is 470 g/mol. The van der Waals surface area contributed by atoms with Crippen LogP contribution in [0.5, 0.6) is 17.2 Å². The van der Waals surface area contributed by atoms with Gasteiger partial charge in [0.05, 0.1) is 31.9 Å². The molecule has 1 N–H and O–H groups in total. The van der Waals surface area contributed by atoms with Crippen LogP contribution in [0.15, 0.2) is 41.3 Å². The van der Waals surface area contributed by atoms with Crippen LogP contribution in [0.25, 0.3) is 0 Å². The second kappa shape index (κ2) is 10.6. The van der Waals surface area contributed by atoms with Gasteiger partial charge in [0.2, 0.25) is 5.75 Å². The normalized spacial score (nSPS) is 16.3. The van der Waals surface area contributed by atoms with Crippen molar-refractivity contribution in [1.29, 1.82) is 0 Å². The molecule has 1 saturated carbocycles. The lowest BCUT2D eigenvalue weighted by Gasteiger charge is -2.26. The highest BCUT2D eigenvalue weighted by atomic mass is 32.2. The number of amides is 2. The van der Waals surface area contributed by atoms with Gasteiger partial charge in [0.25, 0.3) is 10.0 Å². The van der Waals surface area contributed by atoms with Gasteiger partial charge in [-0.05, 0) is 43.0 Å². The number of anilines is 2. The van der Waals surface area contributed by atoms with E-state index in [9.17, 15) is 13.2 Å². The van der Waals surface area contributed by atoms with Gasteiger partial charge in [0.1, 0.15) is 0 Å². The first-order valence-electron chi connectivity index (χ1n) is 11.9. The molecule has 190 valence electrons. The smallest absolute Gasteiger partial charge is 0.324 e. The Morgan fingerprint density at radius 1 is 0.971 bits per heavy atom. The van der Waals surface area contributed by atoms with E-state index in [-0.39, 0.29) is 16.6 Å². The second-order valence-corrected chi connectivity index (χ2v) is 10.6. The minimum Gasteiger partial charge on any atom is -0.493 e. The topological polar surface area (TPSA) is 97.4 Å². The van der Waals surface area contributed by atoms with Gasteiger partial charge < -0.3 is 19.1 Å². The molecule has 2 aliphatic rings. The standard InChI is InChI=1S/C25H33N3O6S/c1-32-22-16-19(17-23(33-2)24(22)34-3)26-35(30,31)21-11-9-20(10-12-21)28-15-14-27(25(28)29)13-5-8-18-6-4-7-18/h9-12,16-18,26H,4-8,13-15H2,1-3H3. The first kappa shape index (κ1) is 25.0. The Labute approximate surface area is 207 Å². The van der Waals surface area contributed by atoms with E-state index in [0.717, 1.165) is 18.9 Å². The summed E-state index contributed by atoms with van der Waals surface area (Å²) in [4.78, 5) is 16.5. The summed E-state index contributed by atoms with van der Waals surface area (Å²) in [6.45, 7) is 2.06. The summed E-state index contributed by atoms with van der Waals surface area (Å²) in [5, 5.41) is 0. The molecule has 9 nitrogen and oxygen atoms in total. The average Bonchev–Trinajstić information content (AvgIpc) is 3.19. The maximum atomic E-state index is 13.0. The fourth-order valence-electron chi connectivity index (χ4n) is 4.54. The van der Waals surface area contributed by atoms with Gasteiger partial charge in [0.15, 0.2) is 11.5 Å². The van der Waals surface area contributed by atoms with Crippen LogP contribution in [-0.4, -0.2) is 60.3 Å². The van der Waals surface area contributed by atoms with E-state index < -0.39 is 10.0 Å². The number of methoxy groups -OCH3 is 3. The Bertz CT molecular complexity index is 1120. The second-order valence-electron chi connectivity index (χ2n) is 8.87. The van der Waals surface area contributed by atoms with Gasteiger partial charge in [0, 0.05) is 37.5 Å². The molecule has 2 aromatic carbocycles. The fraction of sp³-hybridized carbons (Fsp3) is 0.480. The van der Waals surface area contributed by atoms with Crippen LogP contribution in [0.3, 0.4) is 0 Å². The Morgan fingerprint density at radius 2 is 1.63 bits per heavy atom. The maximum Gasteiger partial charge on any atom is 0.324 e. The number of benzene rings is 2. The molecule has 0 spiro atoms. The number of urea groups is 1. The van der Waals surface area contributed by atoms with E-state index >= 15 is 0 Å². The Hall–Kier alpha value is -3.14. The molecule has 1 aliphatic heterocycles. The summed E-state index contributed by atoms with van der Waals surface area (Å²) in [7, 11) is 0.521. The van der Waals surface area contributed by atoms with E-state index in [0.29, 0.717) is 36.0 Å². The Balaban J connectivity index is 1.42. The predicted molar refractivity (Wildman–Crippen MR) is 134 cm³/mol. The van der Waals surface area contributed by atoms with Crippen molar-refractivity contribution in [3.8, 4) is 17.2 Å². The zero-order valence-corrected chi connectivity index (χ0v) is 21.3. The number of rotatable bonds is 11. The van der Waals surface area contributed by atoms with Crippen molar-refractivity contribution in [2.24, 2.45) is 5.92 Å². The zero-order valence-electron chi connectivity index (χ0n) is 20.5. The van der Waals surface area contributed by atoms with Gasteiger partial charge in [-0.2, -0.15) is 0 Å². The monoisotopic (exact) mass is 503 g/mol. The Morgan fingerprint density at radius 3 is 2.17 bits per heavy atom. The van der Waals surface area contributed by atoms with Gasteiger partial charge in [-0.1, -0.05) is 19.3 Å². The van der Waals surface area contributed by atoms with E-state index in [1.54, 1.807) is 17.0 Å². The van der Waals surface area contributed by atoms with E-state index in [2.05, 4.69) is 4.72 Å². The first-order chi connectivity index (χ1) is 16.9. The molecule has 0 radical (unpaired) electrons. The minimum absolute atomic E-state index is 0.0234. The quantitative estimate of drug-likeness (QED) is 0.490. The third-order valence-electron chi connectivity index (χ3n) is 6.74. The molecule has 2 fully saturated rings. The van der Waals surface area contributed by atoms with Crippen molar-refractivity contribution in [3.05, 3.63) is 36.4 Å². The zero-order chi connectivity index (χ0) is 25.0. The van der Waals surface area contributed by atoms with Crippen LogP contribution < -0.4 is 23.8 Å². The van der Waals surface area contributed by atoms with Crippen molar-refractivity contribution < 1.29 is 27.4 Å². The predicted octanol–water partition coefficient (Wildman–Crippen LogP) is 4.34. The highest BCUT2D eigenvalue weighted by Crippen LogP contribution is 2.40. The molecule has 1 heterocycles. The number of carbonyl (C=O) groups is 1. The van der Waals surface area contributed by atoms with Gasteiger partial charge >= 0.3 is 6.03 Å². The summed E-state index contributed by atoms with van der Waals surface area (Å²) in [5.74, 6) is 1.89. The molecule has 0 bridgehead atoms. The number of hydrogen-bond acceptors (Lipinski definition) is 6. The van der Waals surface area contributed by atoms with Crippen LogP contribution in [0, 0.1) is 5.92 Å². The van der Waals surface area contributed by atoms with Crippen LogP contribution in [0.2, 0.25) is 0 Å². The largest absolute Gasteiger partial charge is 0.493 e. The molecule has 2 aromatic rings. The first-order valence-corrected chi connectivity index (χ1v) is 13.3. The van der Waals surface area contributed by atoms with Gasteiger partial charge in [-0.25, -0.2) is 13.2 Å². The summed E-state index contributed by atoms with van der Waals surface area (Å²) in [6, 6.07) is 9.36. The molecule has 0 atom stereocenters. The fourth-order valence-corrected chi connectivity index (χ4v) is 5.58. The third-order valence-corrected chi connectivity index (χ3v) is 8.13. The molecular formula is C25H33N3O6S. The number of hydrogen-bond donors (Lipinski definition) is 1. The Kier molecular flexibility index (Phi) is 7.59. The number of nitrogens with one attached hydrogen (secondary N) is 1. The molecule has 4 rings (SSSR count). The van der Waals surface area contributed by atoms with Crippen molar-refractivity contribution in [2.45, 2.75) is 37.0 Å². The van der Waals surface area contributed by atoms with Crippen LogP contribution >= 0.6 is 0 Å². The van der Waals surface area contributed by atoms with Gasteiger partial charge in [-0.3, -0.25) is 9.62 Å². The summed E-state index contributed by atoms with van der Waals surface area (Å²) >= 11 is 0. The molecule has 35 heavy (non-hydrogen) atoms. The van der Waals surface area contributed by atoms with Crippen molar-refractivity contribution in [3.63, 3.8) is 0 Å². The molecule has 2 amide bonds. The summed E-state index contributed by atoms with van der Waals surface area (Å²) in [5.41, 5.74) is 0.957. The molecule has 0 unspecified atom stereocenters. The van der Waals surface area contributed by atoms with Crippen molar-refractivity contribution >= 4 is 27.4 Å². The number of carbonyl (C=O) groups excluding carboxylic acids is 1. The number of ether oxygens (including phenoxy) is 3. The molecule has 10 heteroatoms. The van der Waals surface area contributed by atoms with Crippen molar-refractivity contribution in [1.82, 2.24) is 4.90 Å². The highest BCUT2D eigenvalue weighted by molar-refractivity contribution is 7.92.